The van der Waals surface area contributed by atoms with Crippen LogP contribution in [-0.2, 0) is 13.1 Å². The predicted molar refractivity (Wildman–Crippen MR) is 111 cm³/mol. The monoisotopic (exact) mass is 417 g/mol. The summed E-state index contributed by atoms with van der Waals surface area (Å²) in [6.07, 6.45) is 2.57. The summed E-state index contributed by atoms with van der Waals surface area (Å²) in [4.78, 5) is 14.4. The number of carbonyl (C=O) groups excluding carboxylic acids is 1. The van der Waals surface area contributed by atoms with Gasteiger partial charge in [0.2, 0.25) is 5.62 Å². The number of nitrogens with one attached hydrogen (secondary N) is 2. The van der Waals surface area contributed by atoms with Gasteiger partial charge in [-0.15, -0.1) is 0 Å². The lowest BCUT2D eigenvalue weighted by molar-refractivity contribution is -0.888. The zero-order chi connectivity index (χ0) is 19.7. The van der Waals surface area contributed by atoms with Crippen molar-refractivity contribution in [2.75, 3.05) is 19.6 Å². The van der Waals surface area contributed by atoms with Gasteiger partial charge in [0.25, 0.3) is 0 Å². The lowest BCUT2D eigenvalue weighted by Crippen LogP contribution is -3.10. The van der Waals surface area contributed by atoms with Crippen LogP contribution in [0.5, 0.6) is 0 Å². The number of quaternary nitrogens is 1. The number of hydrogen-bond acceptors (Lipinski definition) is 2. The summed E-state index contributed by atoms with van der Waals surface area (Å²) in [7, 11) is 0. The number of benzene rings is 2. The molecule has 0 saturated carbocycles. The van der Waals surface area contributed by atoms with Crippen molar-refractivity contribution in [2.45, 2.75) is 25.9 Å². The van der Waals surface area contributed by atoms with Gasteiger partial charge < -0.3 is 14.0 Å². The van der Waals surface area contributed by atoms with E-state index < -0.39 is 0 Å². The number of aromatic nitrogens is 2. The minimum atomic E-state index is -0.0925. The van der Waals surface area contributed by atoms with Crippen LogP contribution in [0.2, 0.25) is 10.0 Å². The topological polar surface area (TPSA) is 55.2 Å². The molecule has 1 saturated heterocycles. The second kappa shape index (κ2) is 8.11. The Kier molecular flexibility index (Phi) is 5.58. The second-order valence-corrected chi connectivity index (χ2v) is 8.12. The molecule has 146 valence electrons. The number of halogens is 2. The fourth-order valence-electron chi connectivity index (χ4n) is 3.98. The summed E-state index contributed by atoms with van der Waals surface area (Å²) < 4.78 is 3.79. The summed E-state index contributed by atoms with van der Waals surface area (Å²) in [5, 5.41) is 9.48. The highest BCUT2D eigenvalue weighted by Gasteiger charge is 2.18. The van der Waals surface area contributed by atoms with Crippen LogP contribution < -0.4 is 10.5 Å². The lowest BCUT2D eigenvalue weighted by Gasteiger charge is -2.12. The molecule has 0 spiro atoms. The van der Waals surface area contributed by atoms with E-state index in [1.54, 1.807) is 27.7 Å². The first-order valence-corrected chi connectivity index (χ1v) is 10.3. The SMILES string of the molecule is N=c1n(CC[NH+]2CCCC2)c2ccccc2n1CC(=O)c1ccc(Cl)c(Cl)c1. The van der Waals surface area contributed by atoms with Crippen molar-refractivity contribution in [3.63, 3.8) is 0 Å². The summed E-state index contributed by atoms with van der Waals surface area (Å²) in [6.45, 7) is 4.31. The normalized spacial score (nSPS) is 14.8. The van der Waals surface area contributed by atoms with E-state index in [1.807, 2.05) is 28.8 Å². The number of likely N-dealkylation sites (tertiary alicyclic amines) is 1. The molecular weight excluding hydrogens is 395 g/mol. The van der Waals surface area contributed by atoms with E-state index >= 15 is 0 Å². The minimum Gasteiger partial charge on any atom is -0.333 e. The standard InChI is InChI=1S/C21H22Cl2N4O/c22-16-8-7-15(13-17(16)23)20(28)14-27-19-6-2-1-5-18(19)26(21(27)24)12-11-25-9-3-4-10-25/h1-2,5-8,13,24H,3-4,9-12,14H2/p+1. The Morgan fingerprint density at radius 2 is 1.68 bits per heavy atom. The molecule has 0 amide bonds. The maximum Gasteiger partial charge on any atom is 0.203 e. The number of rotatable bonds is 6. The Balaban J connectivity index is 1.64. The van der Waals surface area contributed by atoms with Crippen molar-refractivity contribution >= 4 is 40.0 Å². The van der Waals surface area contributed by atoms with E-state index in [-0.39, 0.29) is 12.3 Å². The van der Waals surface area contributed by atoms with Crippen LogP contribution in [-0.4, -0.2) is 34.6 Å². The molecule has 2 heterocycles. The summed E-state index contributed by atoms with van der Waals surface area (Å²) >= 11 is 12.0. The smallest absolute Gasteiger partial charge is 0.203 e. The van der Waals surface area contributed by atoms with Gasteiger partial charge in [-0.1, -0.05) is 35.3 Å². The molecule has 1 aliphatic rings. The van der Waals surface area contributed by atoms with Gasteiger partial charge in [0.05, 0.1) is 53.8 Å². The van der Waals surface area contributed by atoms with Crippen molar-refractivity contribution < 1.29 is 9.69 Å². The highest BCUT2D eigenvalue weighted by atomic mass is 35.5. The zero-order valence-electron chi connectivity index (χ0n) is 15.5. The summed E-state index contributed by atoms with van der Waals surface area (Å²) in [6, 6.07) is 12.8. The average Bonchev–Trinajstić information content (AvgIpc) is 3.30. The van der Waals surface area contributed by atoms with Crippen LogP contribution in [0.15, 0.2) is 42.5 Å². The molecule has 0 atom stereocenters. The van der Waals surface area contributed by atoms with E-state index in [1.165, 1.54) is 25.9 Å². The Morgan fingerprint density at radius 1 is 1.00 bits per heavy atom. The van der Waals surface area contributed by atoms with Gasteiger partial charge >= 0.3 is 0 Å². The molecule has 5 nitrogen and oxygen atoms in total. The molecule has 1 aromatic heterocycles. The fraction of sp³-hybridized carbons (Fsp3) is 0.333. The van der Waals surface area contributed by atoms with Crippen LogP contribution in [0.25, 0.3) is 11.0 Å². The van der Waals surface area contributed by atoms with Gasteiger partial charge in [-0.25, -0.2) is 0 Å². The number of ketones is 1. The second-order valence-electron chi connectivity index (χ2n) is 7.31. The van der Waals surface area contributed by atoms with Gasteiger partial charge in [0.1, 0.15) is 0 Å². The summed E-state index contributed by atoms with van der Waals surface area (Å²) in [5.74, 6) is -0.0925. The summed E-state index contributed by atoms with van der Waals surface area (Å²) in [5.41, 5.74) is 2.75. The van der Waals surface area contributed by atoms with Crippen LogP contribution in [0.1, 0.15) is 23.2 Å². The molecular formula is C21H23Cl2N4O+. The van der Waals surface area contributed by atoms with Gasteiger partial charge in [0.15, 0.2) is 5.78 Å². The third-order valence-electron chi connectivity index (χ3n) is 5.52. The van der Waals surface area contributed by atoms with Crippen molar-refractivity contribution in [3.8, 4) is 0 Å². The lowest BCUT2D eigenvalue weighted by atomic mass is 10.1. The Morgan fingerprint density at radius 3 is 2.36 bits per heavy atom. The molecule has 0 radical (unpaired) electrons. The van der Waals surface area contributed by atoms with E-state index in [0.717, 1.165) is 24.1 Å². The highest BCUT2D eigenvalue weighted by molar-refractivity contribution is 6.42. The number of hydrogen-bond donors (Lipinski definition) is 2. The first kappa shape index (κ1) is 19.2. The van der Waals surface area contributed by atoms with Gasteiger partial charge in [-0.2, -0.15) is 0 Å². The van der Waals surface area contributed by atoms with Crippen LogP contribution >= 0.6 is 23.2 Å². The Bertz CT molecular complexity index is 1080. The van der Waals surface area contributed by atoms with E-state index in [4.69, 9.17) is 28.6 Å². The quantitative estimate of drug-likeness (QED) is 0.595. The number of imidazole rings is 1. The van der Waals surface area contributed by atoms with Gasteiger partial charge in [-0.3, -0.25) is 10.2 Å². The molecule has 7 heteroatoms. The Hall–Kier alpha value is -2.08. The average molecular weight is 418 g/mol. The number of Topliss-reactive ketones (excluding diaryl/α,β-unsaturated/α-hetero) is 1. The maximum absolute atomic E-state index is 12.8. The largest absolute Gasteiger partial charge is 0.333 e. The number of nitrogens with zero attached hydrogens (tertiary/aromatic N) is 2. The Labute approximate surface area is 173 Å². The third kappa shape index (κ3) is 3.75. The molecule has 0 bridgehead atoms. The number of carbonyl (C=O) groups is 1. The van der Waals surface area contributed by atoms with Crippen molar-refractivity contribution in [1.82, 2.24) is 9.13 Å². The van der Waals surface area contributed by atoms with Crippen LogP contribution in [0.3, 0.4) is 0 Å². The van der Waals surface area contributed by atoms with Crippen molar-refractivity contribution in [2.24, 2.45) is 0 Å². The van der Waals surface area contributed by atoms with Crippen LogP contribution in [0.4, 0.5) is 0 Å². The van der Waals surface area contributed by atoms with Crippen LogP contribution in [0, 0.1) is 5.41 Å². The fourth-order valence-corrected chi connectivity index (χ4v) is 4.28. The van der Waals surface area contributed by atoms with Gasteiger partial charge in [-0.05, 0) is 30.3 Å². The molecule has 3 aromatic rings. The van der Waals surface area contributed by atoms with E-state index in [0.29, 0.717) is 21.2 Å². The number of fused-ring (bicyclic) bond motifs is 1. The predicted octanol–water partition coefficient (Wildman–Crippen LogP) is 2.79. The molecule has 2 N–H and O–H groups in total. The van der Waals surface area contributed by atoms with Gasteiger partial charge in [0, 0.05) is 18.4 Å². The zero-order valence-corrected chi connectivity index (χ0v) is 17.1. The molecule has 1 fully saturated rings. The maximum atomic E-state index is 12.8. The molecule has 2 aromatic carbocycles. The van der Waals surface area contributed by atoms with E-state index in [9.17, 15) is 4.79 Å². The molecule has 4 rings (SSSR count). The third-order valence-corrected chi connectivity index (χ3v) is 6.26. The minimum absolute atomic E-state index is 0.0925. The number of para-hydroxylation sites is 2. The molecule has 0 unspecified atom stereocenters. The highest BCUT2D eigenvalue weighted by Crippen LogP contribution is 2.23. The molecule has 1 aliphatic heterocycles. The van der Waals surface area contributed by atoms with E-state index in [2.05, 4.69) is 0 Å². The molecule has 0 aliphatic carbocycles. The van der Waals surface area contributed by atoms with Crippen molar-refractivity contribution in [1.29, 1.82) is 5.41 Å². The van der Waals surface area contributed by atoms with Crippen molar-refractivity contribution in [3.05, 3.63) is 63.7 Å². The first-order valence-electron chi connectivity index (χ1n) is 9.59. The first-order chi connectivity index (χ1) is 13.5. The molecule has 28 heavy (non-hydrogen) atoms.